The molecule has 31 heavy (non-hydrogen) atoms. The fourth-order valence-corrected chi connectivity index (χ4v) is 7.87. The Labute approximate surface area is 181 Å². The predicted molar refractivity (Wildman–Crippen MR) is 114 cm³/mol. The molecule has 6 atom stereocenters. The molecule has 4 fully saturated rings. The van der Waals surface area contributed by atoms with Crippen molar-refractivity contribution in [3.05, 3.63) is 29.3 Å². The second-order valence-corrected chi connectivity index (χ2v) is 9.48. The molecule has 1 amide bonds. The maximum Gasteiger partial charge on any atom is 0.229 e. The molecule has 6 aliphatic rings. The molecule has 1 aliphatic carbocycles. The third-order valence-corrected chi connectivity index (χ3v) is 8.81. The Morgan fingerprint density at radius 3 is 2.71 bits per heavy atom. The van der Waals surface area contributed by atoms with Crippen LogP contribution in [0.25, 0.3) is 0 Å². The van der Waals surface area contributed by atoms with Crippen molar-refractivity contribution in [3.63, 3.8) is 0 Å². The van der Waals surface area contributed by atoms with Gasteiger partial charge in [-0.3, -0.25) is 9.69 Å². The fourth-order valence-electron chi connectivity index (χ4n) is 7.87. The Hall–Kier alpha value is -2.13. The van der Waals surface area contributed by atoms with E-state index in [1.165, 1.54) is 12.0 Å². The molecular formula is C23H30N2O6. The topological polar surface area (TPSA) is 114 Å². The number of carbonyl (C=O) groups excluding carboxylic acids is 1. The van der Waals surface area contributed by atoms with Gasteiger partial charge in [0.05, 0.1) is 45.1 Å². The van der Waals surface area contributed by atoms with Crippen molar-refractivity contribution in [2.75, 3.05) is 38.8 Å². The number of anilines is 1. The van der Waals surface area contributed by atoms with Crippen molar-refractivity contribution in [1.29, 1.82) is 0 Å². The number of ether oxygens (including phenoxy) is 3. The smallest absolute Gasteiger partial charge is 0.229 e. The second-order valence-electron chi connectivity index (χ2n) is 9.48. The number of amides is 1. The predicted octanol–water partition coefficient (Wildman–Crippen LogP) is 0.460. The first-order valence-electron chi connectivity index (χ1n) is 10.8. The first-order chi connectivity index (χ1) is 14.2. The maximum absolute atomic E-state index is 13.5. The Morgan fingerprint density at radius 1 is 1.16 bits per heavy atom. The van der Waals surface area contributed by atoms with Crippen LogP contribution in [0.4, 0.5) is 5.69 Å². The van der Waals surface area contributed by atoms with Gasteiger partial charge in [-0.2, -0.15) is 0 Å². The Bertz CT molecular complexity index is 979. The van der Waals surface area contributed by atoms with Crippen LogP contribution in [0.3, 0.4) is 0 Å². The number of nitrogens with zero attached hydrogens (tertiary/aromatic N) is 2. The minimum atomic E-state index is -0.0242. The zero-order valence-corrected chi connectivity index (χ0v) is 17.9. The van der Waals surface area contributed by atoms with Crippen LogP contribution in [0.1, 0.15) is 24.8 Å². The van der Waals surface area contributed by atoms with Gasteiger partial charge in [0.25, 0.3) is 0 Å². The molecule has 7 rings (SSSR count). The summed E-state index contributed by atoms with van der Waals surface area (Å²) in [6.07, 6.45) is 5.11. The average Bonchev–Trinajstić information content (AvgIpc) is 3.20. The van der Waals surface area contributed by atoms with Crippen molar-refractivity contribution < 1.29 is 30.0 Å². The zero-order chi connectivity index (χ0) is 19.5. The molecule has 2 unspecified atom stereocenters. The molecule has 3 saturated heterocycles. The standard InChI is InChI=1S/C23H26N2O4.2H2O/c1-27-16-8-14-15(9-17(16)28-2)25-20(26)10-18-21-13-7-19-23(14,22(21)25)4-5-24(19)11-12(13)3-6-29-18;;/h3,8-9,13,18-19,21-22H,4-7,10-11H2,1-2H3;2*1H2/t13-,18?,19-,21-,22?,23+;;/m0../s1. The summed E-state index contributed by atoms with van der Waals surface area (Å²) >= 11 is 0. The van der Waals surface area contributed by atoms with E-state index in [-0.39, 0.29) is 34.4 Å². The highest BCUT2D eigenvalue weighted by Crippen LogP contribution is 2.66. The van der Waals surface area contributed by atoms with Crippen LogP contribution in [0.15, 0.2) is 23.8 Å². The number of hydrogen-bond donors (Lipinski definition) is 0. The molecule has 0 radical (unpaired) electrons. The summed E-state index contributed by atoms with van der Waals surface area (Å²) in [5, 5.41) is 0. The number of hydrogen-bond acceptors (Lipinski definition) is 5. The van der Waals surface area contributed by atoms with Gasteiger partial charge in [-0.1, -0.05) is 11.6 Å². The average molecular weight is 431 g/mol. The van der Waals surface area contributed by atoms with Gasteiger partial charge in [-0.05, 0) is 36.9 Å². The molecule has 5 aliphatic heterocycles. The lowest BCUT2D eigenvalue weighted by atomic mass is 9.53. The Morgan fingerprint density at radius 2 is 1.94 bits per heavy atom. The first-order valence-corrected chi connectivity index (χ1v) is 10.8. The molecule has 1 aromatic rings. The number of rotatable bonds is 2. The van der Waals surface area contributed by atoms with Crippen molar-refractivity contribution in [3.8, 4) is 11.5 Å². The van der Waals surface area contributed by atoms with Gasteiger partial charge in [0.1, 0.15) is 0 Å². The SMILES string of the molecule is COc1cc2c(cc1OC)[C@@]13CCN4CC5=CCOC6CC(=O)N2C1[C@H]6[C@H]5C[C@H]43.O.O. The second kappa shape index (κ2) is 6.68. The van der Waals surface area contributed by atoms with Gasteiger partial charge >= 0.3 is 0 Å². The van der Waals surface area contributed by atoms with Crippen molar-refractivity contribution in [1.82, 2.24) is 4.90 Å². The largest absolute Gasteiger partial charge is 0.493 e. The summed E-state index contributed by atoms with van der Waals surface area (Å²) in [6.45, 7) is 2.80. The van der Waals surface area contributed by atoms with Crippen molar-refractivity contribution >= 4 is 11.6 Å². The fraction of sp³-hybridized carbons (Fsp3) is 0.609. The number of carbonyl (C=O) groups is 1. The molecular weight excluding hydrogens is 400 g/mol. The lowest BCUT2D eigenvalue weighted by molar-refractivity contribution is -0.132. The maximum atomic E-state index is 13.5. The molecule has 8 nitrogen and oxygen atoms in total. The highest BCUT2D eigenvalue weighted by Gasteiger charge is 2.71. The van der Waals surface area contributed by atoms with Gasteiger partial charge in [0.15, 0.2) is 11.5 Å². The minimum absolute atomic E-state index is 0. The number of methoxy groups -OCH3 is 2. The van der Waals surface area contributed by atoms with Crippen LogP contribution in [0.5, 0.6) is 11.5 Å². The summed E-state index contributed by atoms with van der Waals surface area (Å²) in [5.41, 5.74) is 3.85. The molecule has 1 aromatic carbocycles. The normalized spacial score (nSPS) is 38.4. The van der Waals surface area contributed by atoms with Crippen LogP contribution < -0.4 is 14.4 Å². The molecule has 0 aromatic heterocycles. The zero-order valence-electron chi connectivity index (χ0n) is 17.9. The van der Waals surface area contributed by atoms with Gasteiger partial charge in [-0.25, -0.2) is 0 Å². The monoisotopic (exact) mass is 430 g/mol. The quantitative estimate of drug-likeness (QED) is 0.633. The van der Waals surface area contributed by atoms with Crippen LogP contribution in [-0.2, 0) is 14.9 Å². The van der Waals surface area contributed by atoms with E-state index < -0.39 is 0 Å². The van der Waals surface area contributed by atoms with Crippen LogP contribution in [0.2, 0.25) is 0 Å². The van der Waals surface area contributed by atoms with E-state index in [1.54, 1.807) is 19.8 Å². The molecule has 2 bridgehead atoms. The summed E-state index contributed by atoms with van der Waals surface area (Å²) in [6, 6.07) is 4.87. The summed E-state index contributed by atoms with van der Waals surface area (Å²) in [5.74, 6) is 2.57. The lowest BCUT2D eigenvalue weighted by Gasteiger charge is -2.58. The van der Waals surface area contributed by atoms with Gasteiger partial charge < -0.3 is 30.1 Å². The number of piperidine rings is 2. The summed E-state index contributed by atoms with van der Waals surface area (Å²) in [4.78, 5) is 18.3. The van der Waals surface area contributed by atoms with E-state index in [1.807, 2.05) is 6.07 Å². The van der Waals surface area contributed by atoms with Gasteiger partial charge in [0, 0.05) is 30.0 Å². The highest BCUT2D eigenvalue weighted by molar-refractivity contribution is 5.99. The molecule has 1 saturated carbocycles. The van der Waals surface area contributed by atoms with Crippen LogP contribution >= 0.6 is 0 Å². The van der Waals surface area contributed by atoms with E-state index >= 15 is 0 Å². The molecule has 168 valence electrons. The highest BCUT2D eigenvalue weighted by atomic mass is 16.5. The third-order valence-electron chi connectivity index (χ3n) is 8.81. The van der Waals surface area contributed by atoms with E-state index in [0.717, 1.165) is 30.9 Å². The van der Waals surface area contributed by atoms with E-state index in [0.29, 0.717) is 36.7 Å². The van der Waals surface area contributed by atoms with E-state index in [2.05, 4.69) is 21.9 Å². The number of benzene rings is 1. The summed E-state index contributed by atoms with van der Waals surface area (Å²) < 4.78 is 17.6. The Balaban J connectivity index is 0.00000102. The molecule has 4 N–H and O–H groups in total. The van der Waals surface area contributed by atoms with Gasteiger partial charge in [0.2, 0.25) is 5.91 Å². The number of fused-ring (bicyclic) bond motifs is 2. The molecule has 8 heteroatoms. The van der Waals surface area contributed by atoms with Crippen molar-refractivity contribution in [2.45, 2.75) is 42.9 Å². The molecule has 1 spiro atoms. The minimum Gasteiger partial charge on any atom is -0.493 e. The van der Waals surface area contributed by atoms with Gasteiger partial charge in [-0.15, -0.1) is 0 Å². The van der Waals surface area contributed by atoms with Crippen LogP contribution in [-0.4, -0.2) is 73.9 Å². The third kappa shape index (κ3) is 2.21. The van der Waals surface area contributed by atoms with E-state index in [4.69, 9.17) is 14.2 Å². The van der Waals surface area contributed by atoms with Crippen LogP contribution in [0, 0.1) is 11.8 Å². The first kappa shape index (κ1) is 20.8. The Kier molecular flexibility index (Phi) is 4.47. The molecule has 5 heterocycles. The summed E-state index contributed by atoms with van der Waals surface area (Å²) in [7, 11) is 3.36. The lowest BCUT2D eigenvalue weighted by Crippen LogP contribution is -2.69. The van der Waals surface area contributed by atoms with E-state index in [9.17, 15) is 4.79 Å². The van der Waals surface area contributed by atoms with Crippen molar-refractivity contribution in [2.24, 2.45) is 11.8 Å².